The van der Waals surface area contributed by atoms with Crippen LogP contribution in [0.2, 0.25) is 0 Å². The molecule has 0 radical (unpaired) electrons. The van der Waals surface area contributed by atoms with Gasteiger partial charge in [0.1, 0.15) is 11.1 Å². The monoisotopic (exact) mass is 413 g/mol. The number of hydrogen-bond donors (Lipinski definition) is 0. The lowest BCUT2D eigenvalue weighted by molar-refractivity contribution is -0.505. The van der Waals surface area contributed by atoms with Crippen LogP contribution in [0, 0.1) is 0 Å². The van der Waals surface area contributed by atoms with E-state index in [1.165, 1.54) is 11.3 Å². The molecule has 0 aliphatic carbocycles. The van der Waals surface area contributed by atoms with E-state index in [0.717, 1.165) is 15.3 Å². The maximum atomic E-state index is 13.6. The lowest BCUT2D eigenvalue weighted by Crippen LogP contribution is -2.43. The molecule has 9 heteroatoms. The van der Waals surface area contributed by atoms with Crippen LogP contribution in [0.5, 0.6) is 5.75 Å². The van der Waals surface area contributed by atoms with Crippen molar-refractivity contribution in [3.63, 3.8) is 0 Å². The van der Waals surface area contributed by atoms with Crippen LogP contribution in [0.1, 0.15) is 24.3 Å². The second kappa shape index (κ2) is 6.00. The summed E-state index contributed by atoms with van der Waals surface area (Å²) in [5, 5.41) is 9.27. The van der Waals surface area contributed by atoms with Crippen molar-refractivity contribution >= 4 is 44.8 Å². The topological polar surface area (TPSA) is 69.1 Å². The highest BCUT2D eigenvalue weighted by atomic mass is 32.1. The number of methoxy groups -OCH3 is 1. The number of thiocarbonyl (C=S) groups is 1. The zero-order valence-corrected chi connectivity index (χ0v) is 17.2. The minimum absolute atomic E-state index is 0.120. The molecule has 0 N–H and O–H groups in total. The van der Waals surface area contributed by atoms with E-state index in [-0.39, 0.29) is 11.2 Å². The van der Waals surface area contributed by atoms with Gasteiger partial charge in [0, 0.05) is 16.4 Å². The molecule has 0 unspecified atom stereocenters. The molecule has 4 heterocycles. The normalized spacial score (nSPS) is 17.0. The van der Waals surface area contributed by atoms with Crippen LogP contribution in [0.15, 0.2) is 39.3 Å². The highest BCUT2D eigenvalue weighted by Crippen LogP contribution is 2.37. The van der Waals surface area contributed by atoms with Gasteiger partial charge in [-0.15, -0.1) is 11.3 Å². The van der Waals surface area contributed by atoms with Gasteiger partial charge in [-0.3, -0.25) is 4.79 Å². The Hall–Kier alpha value is -2.49. The lowest BCUT2D eigenvalue weighted by Gasteiger charge is -2.29. The third-order valence-corrected chi connectivity index (χ3v) is 6.49. The van der Waals surface area contributed by atoms with Crippen molar-refractivity contribution in [1.82, 2.24) is 4.57 Å². The van der Waals surface area contributed by atoms with Gasteiger partial charge in [-0.1, -0.05) is 0 Å². The summed E-state index contributed by atoms with van der Waals surface area (Å²) in [5.41, 5.74) is 1.28. The number of hydrogen-bond acceptors (Lipinski definition) is 6. The van der Waals surface area contributed by atoms with Crippen LogP contribution in [-0.4, -0.2) is 22.4 Å². The molecule has 5 rings (SSSR count). The highest BCUT2D eigenvalue weighted by molar-refractivity contribution is 7.79. The fraction of sp³-hybridized carbons (Fsp3) is 0.316. The van der Waals surface area contributed by atoms with E-state index < -0.39 is 0 Å². The van der Waals surface area contributed by atoms with Crippen molar-refractivity contribution in [2.45, 2.75) is 32.5 Å². The summed E-state index contributed by atoms with van der Waals surface area (Å²) in [4.78, 5) is 15.5. The average Bonchev–Trinajstić information content (AvgIpc) is 3.22. The largest absolute Gasteiger partial charge is 0.497 e. The summed E-state index contributed by atoms with van der Waals surface area (Å²) >= 11 is 6.95. The van der Waals surface area contributed by atoms with Gasteiger partial charge in [0.25, 0.3) is 0 Å². The Kier molecular flexibility index (Phi) is 3.77. The SMILES string of the molecule is COc1ccc(-n2c3[n+](c4sc5c(c4c2=O)CC(C)(C)OC5)C(=S)N=N3)cc1. The molecule has 0 saturated heterocycles. The predicted octanol–water partition coefficient (Wildman–Crippen LogP) is 3.43. The molecule has 0 saturated carbocycles. The van der Waals surface area contributed by atoms with E-state index in [2.05, 4.69) is 10.2 Å². The number of nitrogens with zero attached hydrogens (tertiary/aromatic N) is 4. The zero-order valence-electron chi connectivity index (χ0n) is 15.6. The van der Waals surface area contributed by atoms with Gasteiger partial charge >= 0.3 is 16.6 Å². The molecule has 0 fully saturated rings. The molecule has 7 nitrogen and oxygen atoms in total. The zero-order chi connectivity index (χ0) is 19.6. The molecule has 1 aromatic carbocycles. The number of rotatable bonds is 2. The molecule has 0 spiro atoms. The standard InChI is InChI=1S/C19H17N4O3S2/c1-19(2)8-12-13(9-26-19)28-16-14(12)15(24)22(17-20-21-18(27)23(16)17)10-4-6-11(25-3)7-5-10/h4-7H,8-9H2,1-3H3/q+1. The van der Waals surface area contributed by atoms with Crippen LogP contribution in [0.25, 0.3) is 15.9 Å². The fourth-order valence-corrected chi connectivity index (χ4v) is 5.16. The Morgan fingerprint density at radius 1 is 1.29 bits per heavy atom. The Labute approximate surface area is 169 Å². The molecule has 142 valence electrons. The molecule has 0 atom stereocenters. The first kappa shape index (κ1) is 17.6. The minimum atomic E-state index is -0.322. The number of ether oxygens (including phenoxy) is 2. The lowest BCUT2D eigenvalue weighted by atomic mass is 9.94. The average molecular weight is 414 g/mol. The van der Waals surface area contributed by atoms with E-state index in [4.69, 9.17) is 21.7 Å². The maximum absolute atomic E-state index is 13.6. The Morgan fingerprint density at radius 2 is 2.04 bits per heavy atom. The highest BCUT2D eigenvalue weighted by Gasteiger charge is 2.38. The van der Waals surface area contributed by atoms with E-state index in [1.807, 2.05) is 38.1 Å². The van der Waals surface area contributed by atoms with Gasteiger partial charge < -0.3 is 9.47 Å². The third-order valence-electron chi connectivity index (χ3n) is 5.04. The number of benzene rings is 1. The first-order valence-corrected chi connectivity index (χ1v) is 10.0. The first-order valence-electron chi connectivity index (χ1n) is 8.79. The van der Waals surface area contributed by atoms with Gasteiger partial charge in [0.15, 0.2) is 4.83 Å². The van der Waals surface area contributed by atoms with Gasteiger partial charge in [-0.25, -0.2) is 0 Å². The summed E-state index contributed by atoms with van der Waals surface area (Å²) in [6.45, 7) is 4.56. The summed E-state index contributed by atoms with van der Waals surface area (Å²) in [6.07, 6.45) is 0.667. The molecular weight excluding hydrogens is 396 g/mol. The van der Waals surface area contributed by atoms with Crippen molar-refractivity contribution in [1.29, 1.82) is 0 Å². The maximum Gasteiger partial charge on any atom is 0.402 e. The summed E-state index contributed by atoms with van der Waals surface area (Å²) in [7, 11) is 1.61. The molecule has 2 aliphatic heterocycles. The van der Waals surface area contributed by atoms with Crippen molar-refractivity contribution in [2.24, 2.45) is 10.2 Å². The minimum Gasteiger partial charge on any atom is -0.497 e. The van der Waals surface area contributed by atoms with E-state index in [1.54, 1.807) is 16.2 Å². The van der Waals surface area contributed by atoms with Crippen LogP contribution in [0.3, 0.4) is 0 Å². The van der Waals surface area contributed by atoms with Crippen molar-refractivity contribution in [3.8, 4) is 11.4 Å². The number of fused-ring (bicyclic) bond motifs is 5. The third kappa shape index (κ3) is 2.47. The van der Waals surface area contributed by atoms with Crippen LogP contribution < -0.4 is 14.9 Å². The van der Waals surface area contributed by atoms with Crippen LogP contribution >= 0.6 is 23.6 Å². The molecule has 0 bridgehead atoms. The number of azo groups is 1. The van der Waals surface area contributed by atoms with E-state index >= 15 is 0 Å². The Morgan fingerprint density at radius 3 is 2.75 bits per heavy atom. The smallest absolute Gasteiger partial charge is 0.402 e. The van der Waals surface area contributed by atoms with Gasteiger partial charge in [-0.05, 0) is 55.9 Å². The fourth-order valence-electron chi connectivity index (χ4n) is 3.67. The molecule has 2 aliphatic rings. The first-order chi connectivity index (χ1) is 13.4. The number of thiophene rings is 1. The van der Waals surface area contributed by atoms with Crippen LogP contribution in [0.4, 0.5) is 5.95 Å². The summed E-state index contributed by atoms with van der Waals surface area (Å²) in [6, 6.07) is 7.28. The van der Waals surface area contributed by atoms with Crippen molar-refractivity contribution < 1.29 is 14.0 Å². The molecule has 3 aromatic rings. The Bertz CT molecular complexity index is 1240. The van der Waals surface area contributed by atoms with E-state index in [0.29, 0.717) is 40.9 Å². The van der Waals surface area contributed by atoms with Crippen molar-refractivity contribution in [3.05, 3.63) is 45.1 Å². The second-order valence-corrected chi connectivity index (χ2v) is 8.81. The Balaban J connectivity index is 1.86. The van der Waals surface area contributed by atoms with Gasteiger partial charge in [0.05, 0.1) is 30.1 Å². The summed E-state index contributed by atoms with van der Waals surface area (Å²) in [5.74, 6) is 1.12. The van der Waals surface area contributed by atoms with Gasteiger partial charge in [-0.2, -0.15) is 9.13 Å². The van der Waals surface area contributed by atoms with Crippen molar-refractivity contribution in [2.75, 3.05) is 7.11 Å². The quantitative estimate of drug-likeness (QED) is 0.477. The second-order valence-electron chi connectivity index (χ2n) is 7.37. The predicted molar refractivity (Wildman–Crippen MR) is 109 cm³/mol. The molecule has 2 aromatic heterocycles. The molecule has 0 amide bonds. The van der Waals surface area contributed by atoms with E-state index in [9.17, 15) is 4.79 Å². The number of aromatic nitrogens is 2. The molecular formula is C19H17N4O3S2+. The molecule has 28 heavy (non-hydrogen) atoms. The van der Waals surface area contributed by atoms with Gasteiger partial charge in [0.2, 0.25) is 0 Å². The summed E-state index contributed by atoms with van der Waals surface area (Å²) < 4.78 is 14.5. The van der Waals surface area contributed by atoms with Crippen LogP contribution in [-0.2, 0) is 17.8 Å².